The predicted molar refractivity (Wildman–Crippen MR) is 31.8 cm³/mol. The summed E-state index contributed by atoms with van der Waals surface area (Å²) in [5, 5.41) is 22.8. The number of nitrogens with one attached hydrogen (secondary N) is 2. The number of carbonyl (C=O) groups is 3. The zero-order valence-electron chi connectivity index (χ0n) is 5.96. The van der Waals surface area contributed by atoms with Gasteiger partial charge in [0.2, 0.25) is 0 Å². The lowest BCUT2D eigenvalue weighted by Gasteiger charge is -2.07. The quantitative estimate of drug-likeness (QED) is 0.456. The Labute approximate surface area is 67.4 Å². The average Bonchev–Trinajstić information content (AvgIpc) is 1.96. The molecule has 0 aromatic carbocycles. The highest BCUT2D eigenvalue weighted by Crippen LogP contribution is 1.67. The van der Waals surface area contributed by atoms with Gasteiger partial charge in [0.05, 0.1) is 13.1 Å². The summed E-state index contributed by atoms with van der Waals surface area (Å²) in [5.74, 6) is -0.622. The first kappa shape index (κ1) is 10.2. The molecule has 12 heavy (non-hydrogen) atoms. The number of amides is 2. The molecule has 0 saturated heterocycles. The Morgan fingerprint density at radius 1 is 0.917 bits per heavy atom. The van der Waals surface area contributed by atoms with E-state index in [4.69, 9.17) is 0 Å². The molecule has 7 heteroatoms. The van der Waals surface area contributed by atoms with Crippen LogP contribution in [0.4, 0.5) is 9.59 Å². The van der Waals surface area contributed by atoms with Crippen LogP contribution in [0, 0.1) is 0 Å². The normalized spacial score (nSPS) is 8.67. The molecule has 0 unspecified atom stereocenters. The lowest BCUT2D eigenvalue weighted by atomic mass is 10.4. The smallest absolute Gasteiger partial charge is 0.170 e. The molecule has 0 aliphatic heterocycles. The van der Waals surface area contributed by atoms with E-state index in [-0.39, 0.29) is 0 Å². The van der Waals surface area contributed by atoms with Gasteiger partial charge in [0.25, 0.3) is 0 Å². The summed E-state index contributed by atoms with van der Waals surface area (Å²) in [6.07, 6.45) is -3.17. The Morgan fingerprint density at radius 3 is 1.50 bits per heavy atom. The first-order valence-corrected chi connectivity index (χ1v) is 2.93. The van der Waals surface area contributed by atoms with E-state index in [0.717, 1.165) is 0 Å². The fraction of sp³-hybridized carbons (Fsp3) is 0.400. The molecule has 68 valence electrons. The van der Waals surface area contributed by atoms with Crippen LogP contribution >= 0.6 is 0 Å². The Hall–Kier alpha value is -1.79. The van der Waals surface area contributed by atoms with Crippen molar-refractivity contribution in [3.8, 4) is 0 Å². The molecule has 0 aromatic rings. The van der Waals surface area contributed by atoms with E-state index < -0.39 is 31.1 Å². The van der Waals surface area contributed by atoms with Crippen LogP contribution in [-0.4, -0.2) is 31.1 Å². The van der Waals surface area contributed by atoms with Gasteiger partial charge in [-0.25, -0.2) is 0 Å². The molecule has 2 amide bonds. The van der Waals surface area contributed by atoms with Crippen molar-refractivity contribution in [2.45, 2.75) is 0 Å². The van der Waals surface area contributed by atoms with Gasteiger partial charge in [-0.1, -0.05) is 0 Å². The minimum absolute atomic E-state index is 0.484. The molecule has 0 atom stereocenters. The van der Waals surface area contributed by atoms with E-state index in [9.17, 15) is 24.6 Å². The molecule has 0 rings (SSSR count). The van der Waals surface area contributed by atoms with Gasteiger partial charge in [0.1, 0.15) is 12.2 Å². The van der Waals surface area contributed by atoms with Crippen LogP contribution in [0.1, 0.15) is 0 Å². The fourth-order valence-electron chi connectivity index (χ4n) is 0.404. The average molecular weight is 174 g/mol. The van der Waals surface area contributed by atoms with E-state index in [1.165, 1.54) is 0 Å². The van der Waals surface area contributed by atoms with Gasteiger partial charge in [-0.2, -0.15) is 0 Å². The summed E-state index contributed by atoms with van der Waals surface area (Å²) in [5.41, 5.74) is 0. The number of hydrogen-bond donors (Lipinski definition) is 2. The Balaban J connectivity index is 3.47. The maximum absolute atomic E-state index is 10.5. The molecular weight excluding hydrogens is 168 g/mol. The first-order chi connectivity index (χ1) is 5.52. The van der Waals surface area contributed by atoms with Gasteiger partial charge in [0, 0.05) is 0 Å². The maximum Gasteiger partial charge on any atom is 0.170 e. The number of carbonyl (C=O) groups excluding carboxylic acids is 3. The van der Waals surface area contributed by atoms with E-state index in [1.807, 2.05) is 0 Å². The van der Waals surface area contributed by atoms with Gasteiger partial charge in [-0.05, 0) is 0 Å². The molecule has 0 radical (unpaired) electrons. The summed E-state index contributed by atoms with van der Waals surface area (Å²) >= 11 is 0. The molecule has 7 nitrogen and oxygen atoms in total. The zero-order chi connectivity index (χ0) is 9.56. The van der Waals surface area contributed by atoms with E-state index >= 15 is 0 Å². The second kappa shape index (κ2) is 4.94. The number of ketones is 1. The lowest BCUT2D eigenvalue weighted by molar-refractivity contribution is -0.251. The second-order valence-corrected chi connectivity index (χ2v) is 1.82. The fourth-order valence-corrected chi connectivity index (χ4v) is 0.404. The SMILES string of the molecule is O=C(CNC(=O)[O-])CNC(=O)[O-]. The third kappa shape index (κ3) is 6.33. The summed E-state index contributed by atoms with van der Waals surface area (Å²) in [6.45, 7) is -0.967. The topological polar surface area (TPSA) is 121 Å². The van der Waals surface area contributed by atoms with Crippen molar-refractivity contribution < 1.29 is 24.6 Å². The third-order valence-electron chi connectivity index (χ3n) is 0.860. The number of rotatable bonds is 4. The molecule has 0 heterocycles. The van der Waals surface area contributed by atoms with Gasteiger partial charge in [-0.15, -0.1) is 0 Å². The second-order valence-electron chi connectivity index (χ2n) is 1.82. The summed E-state index contributed by atoms with van der Waals surface area (Å²) < 4.78 is 0. The van der Waals surface area contributed by atoms with Crippen LogP contribution in [0.25, 0.3) is 0 Å². The monoisotopic (exact) mass is 174 g/mol. The minimum Gasteiger partial charge on any atom is -0.530 e. The maximum atomic E-state index is 10.5. The van der Waals surface area contributed by atoms with Crippen LogP contribution in [0.5, 0.6) is 0 Å². The molecule has 0 saturated carbocycles. The van der Waals surface area contributed by atoms with Crippen molar-refractivity contribution in [1.29, 1.82) is 0 Å². The molecule has 0 spiro atoms. The van der Waals surface area contributed by atoms with Crippen molar-refractivity contribution >= 4 is 18.0 Å². The van der Waals surface area contributed by atoms with Gasteiger partial charge in [-0.3, -0.25) is 4.79 Å². The van der Waals surface area contributed by atoms with Crippen LogP contribution < -0.4 is 20.8 Å². The van der Waals surface area contributed by atoms with Crippen molar-refractivity contribution in [2.75, 3.05) is 13.1 Å². The summed E-state index contributed by atoms with van der Waals surface area (Å²) in [4.78, 5) is 30.0. The van der Waals surface area contributed by atoms with Gasteiger partial charge < -0.3 is 30.4 Å². The number of Topliss-reactive ketones (excluding diaryl/α,β-unsaturated/α-hetero) is 1. The van der Waals surface area contributed by atoms with Crippen LogP contribution in [0.2, 0.25) is 0 Å². The van der Waals surface area contributed by atoms with Crippen molar-refractivity contribution in [2.24, 2.45) is 0 Å². The van der Waals surface area contributed by atoms with E-state index in [0.29, 0.717) is 0 Å². The number of hydrogen-bond acceptors (Lipinski definition) is 5. The van der Waals surface area contributed by atoms with E-state index in [1.54, 1.807) is 10.6 Å². The largest absolute Gasteiger partial charge is 0.530 e. The Kier molecular flexibility index (Phi) is 4.20. The molecule has 0 aliphatic rings. The summed E-state index contributed by atoms with van der Waals surface area (Å²) in [7, 11) is 0. The van der Waals surface area contributed by atoms with Gasteiger partial charge >= 0.3 is 0 Å². The van der Waals surface area contributed by atoms with Gasteiger partial charge in [0.15, 0.2) is 5.78 Å². The zero-order valence-corrected chi connectivity index (χ0v) is 5.96. The summed E-state index contributed by atoms with van der Waals surface area (Å²) in [6, 6.07) is 0. The van der Waals surface area contributed by atoms with Crippen LogP contribution in [0.3, 0.4) is 0 Å². The molecule has 2 N–H and O–H groups in total. The third-order valence-corrected chi connectivity index (χ3v) is 0.860. The highest BCUT2D eigenvalue weighted by atomic mass is 16.4. The Morgan fingerprint density at radius 2 is 1.25 bits per heavy atom. The van der Waals surface area contributed by atoms with Crippen molar-refractivity contribution in [3.63, 3.8) is 0 Å². The minimum atomic E-state index is -1.59. The highest BCUT2D eigenvalue weighted by Gasteiger charge is 1.99. The van der Waals surface area contributed by atoms with Crippen molar-refractivity contribution in [1.82, 2.24) is 10.6 Å². The number of carboxylic acid groups (broad SMARTS) is 2. The molecule has 0 aromatic heterocycles. The molecule has 0 aliphatic carbocycles. The van der Waals surface area contributed by atoms with Crippen molar-refractivity contribution in [3.05, 3.63) is 0 Å². The first-order valence-electron chi connectivity index (χ1n) is 2.93. The Bertz CT molecular complexity index is 182. The van der Waals surface area contributed by atoms with E-state index in [2.05, 4.69) is 0 Å². The molecule has 0 fully saturated rings. The van der Waals surface area contributed by atoms with Crippen LogP contribution in [0.15, 0.2) is 0 Å². The molecule has 0 bridgehead atoms. The standard InChI is InChI=1S/C5H8N2O5/c8-3(1-6-4(9)10)2-7-5(11)12/h6-7H,1-2H2,(H,9,10)(H,11,12)/p-2. The lowest BCUT2D eigenvalue weighted by Crippen LogP contribution is -2.44. The predicted octanol–water partition coefficient (Wildman–Crippen LogP) is -3.58. The molecular formula is C5H6N2O5-2. The van der Waals surface area contributed by atoms with Crippen LogP contribution in [-0.2, 0) is 4.79 Å². The highest BCUT2D eigenvalue weighted by molar-refractivity contribution is 5.86.